The Morgan fingerprint density at radius 2 is 2.23 bits per heavy atom. The molecule has 1 saturated carbocycles. The Morgan fingerprint density at radius 1 is 1.54 bits per heavy atom. The number of aryl methyl sites for hydroxylation is 1. The third-order valence-corrected chi connectivity index (χ3v) is 2.90. The van der Waals surface area contributed by atoms with Gasteiger partial charge in [-0.3, -0.25) is 4.68 Å². The van der Waals surface area contributed by atoms with Crippen LogP contribution >= 0.6 is 0 Å². The van der Waals surface area contributed by atoms with E-state index in [0.717, 1.165) is 12.2 Å². The summed E-state index contributed by atoms with van der Waals surface area (Å²) in [5.74, 6) is 0.927. The van der Waals surface area contributed by atoms with Gasteiger partial charge < -0.3 is 5.11 Å². The molecule has 1 aliphatic carbocycles. The van der Waals surface area contributed by atoms with Crippen molar-refractivity contribution in [2.24, 2.45) is 0 Å². The van der Waals surface area contributed by atoms with Crippen molar-refractivity contribution in [1.82, 2.24) is 9.78 Å². The zero-order valence-electron chi connectivity index (χ0n) is 8.03. The molecule has 1 aromatic rings. The van der Waals surface area contributed by atoms with Crippen LogP contribution in [0, 0.1) is 0 Å². The van der Waals surface area contributed by atoms with Gasteiger partial charge in [0.15, 0.2) is 5.75 Å². The van der Waals surface area contributed by atoms with Crippen LogP contribution in [0.2, 0.25) is 0 Å². The lowest BCUT2D eigenvalue weighted by molar-refractivity contribution is 0.452. The summed E-state index contributed by atoms with van der Waals surface area (Å²) >= 11 is 0. The minimum Gasteiger partial charge on any atom is -0.504 e. The van der Waals surface area contributed by atoms with Gasteiger partial charge in [-0.25, -0.2) is 0 Å². The van der Waals surface area contributed by atoms with Gasteiger partial charge in [0.05, 0.1) is 11.9 Å². The van der Waals surface area contributed by atoms with Crippen molar-refractivity contribution in [2.45, 2.75) is 45.1 Å². The summed E-state index contributed by atoms with van der Waals surface area (Å²) in [4.78, 5) is 0. The van der Waals surface area contributed by atoms with Crippen LogP contribution < -0.4 is 0 Å². The molecule has 0 spiro atoms. The Kier molecular flexibility index (Phi) is 2.25. The number of aromatic nitrogens is 2. The number of hydrogen-bond acceptors (Lipinski definition) is 2. The standard InChI is InChI=1S/C10H16N2O/c1-2-12-10(9(13)7-11-12)8-5-3-4-6-8/h7-8,13H,2-6H2,1H3. The largest absolute Gasteiger partial charge is 0.504 e. The number of nitrogens with zero attached hydrogens (tertiary/aromatic N) is 2. The minimum atomic E-state index is 0.383. The van der Waals surface area contributed by atoms with Crippen molar-refractivity contribution in [1.29, 1.82) is 0 Å². The third-order valence-electron chi connectivity index (χ3n) is 2.90. The second-order valence-electron chi connectivity index (χ2n) is 3.71. The quantitative estimate of drug-likeness (QED) is 0.758. The molecule has 1 aromatic heterocycles. The first-order chi connectivity index (χ1) is 6.33. The van der Waals surface area contributed by atoms with Crippen molar-refractivity contribution in [3.05, 3.63) is 11.9 Å². The van der Waals surface area contributed by atoms with Crippen molar-refractivity contribution in [3.8, 4) is 5.75 Å². The predicted octanol–water partition coefficient (Wildman–Crippen LogP) is 2.27. The lowest BCUT2D eigenvalue weighted by atomic mass is 10.0. The third kappa shape index (κ3) is 1.43. The van der Waals surface area contributed by atoms with E-state index in [0.29, 0.717) is 11.7 Å². The van der Waals surface area contributed by atoms with Crippen LogP contribution in [0.1, 0.15) is 44.2 Å². The molecule has 0 aliphatic heterocycles. The van der Waals surface area contributed by atoms with Crippen molar-refractivity contribution in [2.75, 3.05) is 0 Å². The summed E-state index contributed by atoms with van der Waals surface area (Å²) in [6, 6.07) is 0. The van der Waals surface area contributed by atoms with E-state index in [2.05, 4.69) is 12.0 Å². The van der Waals surface area contributed by atoms with E-state index in [1.807, 2.05) is 4.68 Å². The van der Waals surface area contributed by atoms with Crippen LogP contribution in [0.3, 0.4) is 0 Å². The molecule has 0 unspecified atom stereocenters. The molecular weight excluding hydrogens is 164 g/mol. The highest BCUT2D eigenvalue weighted by Crippen LogP contribution is 2.37. The highest BCUT2D eigenvalue weighted by molar-refractivity contribution is 5.27. The second kappa shape index (κ2) is 3.40. The molecule has 3 nitrogen and oxygen atoms in total. The van der Waals surface area contributed by atoms with Gasteiger partial charge in [-0.05, 0) is 19.8 Å². The van der Waals surface area contributed by atoms with E-state index in [-0.39, 0.29) is 0 Å². The van der Waals surface area contributed by atoms with Gasteiger partial charge in [-0.1, -0.05) is 12.8 Å². The van der Waals surface area contributed by atoms with Crippen LogP contribution in [0.4, 0.5) is 0 Å². The summed E-state index contributed by atoms with van der Waals surface area (Å²) in [6.45, 7) is 2.91. The molecule has 0 bridgehead atoms. The molecule has 72 valence electrons. The van der Waals surface area contributed by atoms with E-state index in [4.69, 9.17) is 0 Å². The van der Waals surface area contributed by atoms with E-state index in [1.54, 1.807) is 6.20 Å². The van der Waals surface area contributed by atoms with Crippen LogP contribution in [-0.4, -0.2) is 14.9 Å². The summed E-state index contributed by atoms with van der Waals surface area (Å²) in [7, 11) is 0. The lowest BCUT2D eigenvalue weighted by Gasteiger charge is -2.11. The van der Waals surface area contributed by atoms with Crippen molar-refractivity contribution >= 4 is 0 Å². The second-order valence-corrected chi connectivity index (χ2v) is 3.71. The highest BCUT2D eigenvalue weighted by Gasteiger charge is 2.23. The van der Waals surface area contributed by atoms with E-state index < -0.39 is 0 Å². The molecule has 13 heavy (non-hydrogen) atoms. The van der Waals surface area contributed by atoms with E-state index in [1.165, 1.54) is 25.7 Å². The molecule has 0 radical (unpaired) electrons. The first-order valence-electron chi connectivity index (χ1n) is 5.07. The van der Waals surface area contributed by atoms with Crippen LogP contribution in [0.15, 0.2) is 6.20 Å². The summed E-state index contributed by atoms with van der Waals surface area (Å²) < 4.78 is 1.92. The van der Waals surface area contributed by atoms with Gasteiger partial charge >= 0.3 is 0 Å². The minimum absolute atomic E-state index is 0.383. The molecule has 1 N–H and O–H groups in total. The zero-order valence-corrected chi connectivity index (χ0v) is 8.03. The van der Waals surface area contributed by atoms with Crippen LogP contribution in [-0.2, 0) is 6.54 Å². The number of hydrogen-bond donors (Lipinski definition) is 1. The molecule has 0 atom stereocenters. The normalized spacial score (nSPS) is 18.2. The molecule has 1 fully saturated rings. The Hall–Kier alpha value is -0.990. The summed E-state index contributed by atoms with van der Waals surface area (Å²) in [5.41, 5.74) is 1.06. The van der Waals surface area contributed by atoms with Crippen LogP contribution in [0.25, 0.3) is 0 Å². The highest BCUT2D eigenvalue weighted by atomic mass is 16.3. The van der Waals surface area contributed by atoms with Gasteiger partial charge in [-0.15, -0.1) is 0 Å². The maximum absolute atomic E-state index is 9.64. The molecular formula is C10H16N2O. The van der Waals surface area contributed by atoms with Gasteiger partial charge in [0.1, 0.15) is 0 Å². The zero-order chi connectivity index (χ0) is 9.26. The summed E-state index contributed by atoms with van der Waals surface area (Å²) in [5, 5.41) is 13.8. The number of rotatable bonds is 2. The molecule has 2 rings (SSSR count). The maximum Gasteiger partial charge on any atom is 0.157 e. The number of aromatic hydroxyl groups is 1. The lowest BCUT2D eigenvalue weighted by Crippen LogP contribution is -2.05. The molecule has 0 saturated heterocycles. The van der Waals surface area contributed by atoms with E-state index in [9.17, 15) is 5.11 Å². The fraction of sp³-hybridized carbons (Fsp3) is 0.700. The van der Waals surface area contributed by atoms with E-state index >= 15 is 0 Å². The smallest absolute Gasteiger partial charge is 0.157 e. The molecule has 1 heterocycles. The molecule has 3 heteroatoms. The fourth-order valence-electron chi connectivity index (χ4n) is 2.26. The van der Waals surface area contributed by atoms with Crippen LogP contribution in [0.5, 0.6) is 5.75 Å². The average molecular weight is 180 g/mol. The topological polar surface area (TPSA) is 38.0 Å². The maximum atomic E-state index is 9.64. The van der Waals surface area contributed by atoms with Gasteiger partial charge in [0, 0.05) is 12.5 Å². The summed E-state index contributed by atoms with van der Waals surface area (Å²) in [6.07, 6.45) is 6.56. The molecule has 0 aromatic carbocycles. The Morgan fingerprint density at radius 3 is 2.85 bits per heavy atom. The average Bonchev–Trinajstić information content (AvgIpc) is 2.72. The van der Waals surface area contributed by atoms with Gasteiger partial charge in [-0.2, -0.15) is 5.10 Å². The Balaban J connectivity index is 2.30. The molecule has 1 aliphatic rings. The SMILES string of the molecule is CCn1ncc(O)c1C1CCCC1. The van der Waals surface area contributed by atoms with Crippen molar-refractivity contribution < 1.29 is 5.11 Å². The molecule has 0 amide bonds. The first kappa shape index (κ1) is 8.60. The Labute approximate surface area is 78.4 Å². The Bertz CT molecular complexity index is 287. The monoisotopic (exact) mass is 180 g/mol. The van der Waals surface area contributed by atoms with Crippen molar-refractivity contribution in [3.63, 3.8) is 0 Å². The fourth-order valence-corrected chi connectivity index (χ4v) is 2.26. The van der Waals surface area contributed by atoms with Gasteiger partial charge in [0.25, 0.3) is 0 Å². The first-order valence-corrected chi connectivity index (χ1v) is 5.07. The predicted molar refractivity (Wildman–Crippen MR) is 50.8 cm³/mol. The van der Waals surface area contributed by atoms with Gasteiger partial charge in [0.2, 0.25) is 0 Å².